The minimum atomic E-state index is -4.12. The van der Waals surface area contributed by atoms with Gasteiger partial charge in [-0.3, -0.25) is 0 Å². The number of hydrogen-bond acceptors (Lipinski definition) is 2. The maximum Gasteiger partial charge on any atom is 0.389 e. The Balaban J connectivity index is 2.00. The minimum Gasteiger partial charge on any atom is -0.494 e. The molecule has 2 N–H and O–H groups in total. The lowest BCUT2D eigenvalue weighted by molar-refractivity contribution is -0.136. The highest BCUT2D eigenvalue weighted by Gasteiger charge is 2.26. The molecule has 0 amide bonds. The van der Waals surface area contributed by atoms with Gasteiger partial charge in [0.2, 0.25) is 0 Å². The predicted molar refractivity (Wildman–Crippen MR) is 81.7 cm³/mol. The standard InChI is InChI=1S/C17H22F3NO/c1-11-8-14-9-15(22-7-3-6-17(18,19)20)5-4-13(14)10-16(11)12(2)21/h4-5,9-12H,3,6-8,21H2,1-2H3/t11-,12?/m1/s1. The van der Waals surface area contributed by atoms with Gasteiger partial charge in [-0.2, -0.15) is 13.2 Å². The smallest absolute Gasteiger partial charge is 0.389 e. The first-order chi connectivity index (χ1) is 10.3. The van der Waals surface area contributed by atoms with Gasteiger partial charge < -0.3 is 10.5 Å². The average Bonchev–Trinajstić information content (AvgIpc) is 2.41. The van der Waals surface area contributed by atoms with Crippen molar-refractivity contribution >= 4 is 6.08 Å². The van der Waals surface area contributed by atoms with E-state index >= 15 is 0 Å². The Morgan fingerprint density at radius 2 is 2.09 bits per heavy atom. The summed E-state index contributed by atoms with van der Waals surface area (Å²) in [5.74, 6) is 0.999. The molecule has 0 heterocycles. The highest BCUT2D eigenvalue weighted by Crippen LogP contribution is 2.32. The molecule has 0 fully saturated rings. The van der Waals surface area contributed by atoms with Crippen molar-refractivity contribution in [2.45, 2.75) is 45.3 Å². The van der Waals surface area contributed by atoms with Crippen molar-refractivity contribution in [3.63, 3.8) is 0 Å². The van der Waals surface area contributed by atoms with Crippen LogP contribution in [0.5, 0.6) is 5.75 Å². The second-order valence-corrected chi connectivity index (χ2v) is 5.97. The van der Waals surface area contributed by atoms with Crippen molar-refractivity contribution in [3.8, 4) is 5.75 Å². The lowest BCUT2D eigenvalue weighted by Crippen LogP contribution is -2.25. The van der Waals surface area contributed by atoms with Crippen molar-refractivity contribution in [2.75, 3.05) is 6.61 Å². The molecule has 0 saturated carbocycles. The van der Waals surface area contributed by atoms with E-state index in [0.29, 0.717) is 11.7 Å². The van der Waals surface area contributed by atoms with Crippen LogP contribution in [0.4, 0.5) is 13.2 Å². The van der Waals surface area contributed by atoms with E-state index in [9.17, 15) is 13.2 Å². The SMILES string of the molecule is CC(N)C1=Cc2ccc(OCCCC(F)(F)F)cc2C[C@H]1C. The third kappa shape index (κ3) is 4.50. The van der Waals surface area contributed by atoms with Crippen LogP contribution in [0.15, 0.2) is 23.8 Å². The molecule has 122 valence electrons. The molecule has 2 atom stereocenters. The van der Waals surface area contributed by atoms with E-state index in [0.717, 1.165) is 17.5 Å². The van der Waals surface area contributed by atoms with Gasteiger partial charge in [-0.05, 0) is 48.9 Å². The summed E-state index contributed by atoms with van der Waals surface area (Å²) < 4.78 is 41.7. The van der Waals surface area contributed by atoms with E-state index in [1.165, 1.54) is 5.57 Å². The second kappa shape index (κ2) is 6.73. The van der Waals surface area contributed by atoms with E-state index in [-0.39, 0.29) is 19.1 Å². The molecule has 1 unspecified atom stereocenters. The normalized spacial score (nSPS) is 19.4. The zero-order chi connectivity index (χ0) is 16.3. The van der Waals surface area contributed by atoms with Crippen LogP contribution in [0.2, 0.25) is 0 Å². The van der Waals surface area contributed by atoms with Crippen LogP contribution in [0.3, 0.4) is 0 Å². The van der Waals surface area contributed by atoms with Gasteiger partial charge in [0.15, 0.2) is 0 Å². The van der Waals surface area contributed by atoms with Crippen LogP contribution in [0.25, 0.3) is 6.08 Å². The summed E-state index contributed by atoms with van der Waals surface area (Å²) in [4.78, 5) is 0. The maximum absolute atomic E-state index is 12.1. The molecule has 0 radical (unpaired) electrons. The lowest BCUT2D eigenvalue weighted by atomic mass is 9.82. The average molecular weight is 313 g/mol. The minimum absolute atomic E-state index is 0.0221. The topological polar surface area (TPSA) is 35.2 Å². The van der Waals surface area contributed by atoms with E-state index in [4.69, 9.17) is 10.5 Å². The number of ether oxygens (including phenoxy) is 1. The molecule has 0 spiro atoms. The number of alkyl halides is 3. The first-order valence-corrected chi connectivity index (χ1v) is 7.56. The summed E-state index contributed by atoms with van der Waals surface area (Å²) in [5.41, 5.74) is 9.48. The van der Waals surface area contributed by atoms with Crippen LogP contribution < -0.4 is 10.5 Å². The van der Waals surface area contributed by atoms with Crippen molar-refractivity contribution in [1.29, 1.82) is 0 Å². The summed E-state index contributed by atoms with van der Waals surface area (Å²) in [6, 6.07) is 5.70. The Morgan fingerprint density at radius 1 is 1.36 bits per heavy atom. The van der Waals surface area contributed by atoms with Crippen LogP contribution in [-0.4, -0.2) is 18.8 Å². The lowest BCUT2D eigenvalue weighted by Gasteiger charge is -2.26. The number of halogens is 3. The fourth-order valence-electron chi connectivity index (χ4n) is 2.80. The second-order valence-electron chi connectivity index (χ2n) is 5.97. The van der Waals surface area contributed by atoms with Gasteiger partial charge in [0.1, 0.15) is 5.75 Å². The molecular weight excluding hydrogens is 291 g/mol. The van der Waals surface area contributed by atoms with Gasteiger partial charge in [0, 0.05) is 12.5 Å². The highest BCUT2D eigenvalue weighted by molar-refractivity contribution is 5.62. The predicted octanol–water partition coefficient (Wildman–Crippen LogP) is 4.33. The van der Waals surface area contributed by atoms with E-state index < -0.39 is 12.6 Å². The molecule has 5 heteroatoms. The Labute approximate surface area is 129 Å². The molecule has 0 saturated heterocycles. The summed E-state index contributed by atoms with van der Waals surface area (Å²) in [6.45, 7) is 4.19. The largest absolute Gasteiger partial charge is 0.494 e. The third-order valence-electron chi connectivity index (χ3n) is 3.93. The zero-order valence-electron chi connectivity index (χ0n) is 12.9. The summed E-state index contributed by atoms with van der Waals surface area (Å²) in [7, 11) is 0. The highest BCUT2D eigenvalue weighted by atomic mass is 19.4. The van der Waals surface area contributed by atoms with Crippen LogP contribution >= 0.6 is 0 Å². The summed E-state index contributed by atoms with van der Waals surface area (Å²) >= 11 is 0. The fourth-order valence-corrected chi connectivity index (χ4v) is 2.80. The molecule has 1 aromatic carbocycles. The molecule has 1 aliphatic carbocycles. The Hall–Kier alpha value is -1.49. The molecule has 22 heavy (non-hydrogen) atoms. The van der Waals surface area contributed by atoms with Crippen molar-refractivity contribution < 1.29 is 17.9 Å². The van der Waals surface area contributed by atoms with Crippen LogP contribution in [0, 0.1) is 5.92 Å². The number of hydrogen-bond donors (Lipinski definition) is 1. The Kier molecular flexibility index (Phi) is 5.16. The molecule has 0 aromatic heterocycles. The number of nitrogens with two attached hydrogens (primary N) is 1. The van der Waals surface area contributed by atoms with Crippen molar-refractivity contribution in [2.24, 2.45) is 11.7 Å². The Morgan fingerprint density at radius 3 is 2.73 bits per heavy atom. The van der Waals surface area contributed by atoms with Gasteiger partial charge in [-0.15, -0.1) is 0 Å². The van der Waals surface area contributed by atoms with Crippen molar-refractivity contribution in [3.05, 3.63) is 34.9 Å². The number of fused-ring (bicyclic) bond motifs is 1. The first kappa shape index (κ1) is 16.9. The third-order valence-corrected chi connectivity index (χ3v) is 3.93. The summed E-state index contributed by atoms with van der Waals surface area (Å²) in [6.07, 6.45) is -1.96. The maximum atomic E-state index is 12.1. The zero-order valence-corrected chi connectivity index (χ0v) is 12.9. The van der Waals surface area contributed by atoms with Gasteiger partial charge in [0.25, 0.3) is 0 Å². The molecule has 0 aliphatic heterocycles. The van der Waals surface area contributed by atoms with Crippen molar-refractivity contribution in [1.82, 2.24) is 0 Å². The number of benzene rings is 1. The number of rotatable bonds is 5. The van der Waals surface area contributed by atoms with Gasteiger partial charge in [0.05, 0.1) is 6.61 Å². The summed E-state index contributed by atoms with van der Waals surface area (Å²) in [5, 5.41) is 0. The van der Waals surface area contributed by atoms with Crippen LogP contribution in [0.1, 0.15) is 37.8 Å². The quantitative estimate of drug-likeness (QED) is 0.821. The first-order valence-electron chi connectivity index (χ1n) is 7.56. The van der Waals surface area contributed by atoms with E-state index in [1.807, 2.05) is 19.1 Å². The van der Waals surface area contributed by atoms with E-state index in [2.05, 4.69) is 13.0 Å². The van der Waals surface area contributed by atoms with Gasteiger partial charge in [-0.1, -0.05) is 24.6 Å². The Bertz CT molecular complexity index is 549. The molecule has 1 aliphatic rings. The molecule has 2 nitrogen and oxygen atoms in total. The van der Waals surface area contributed by atoms with E-state index in [1.54, 1.807) is 6.07 Å². The van der Waals surface area contributed by atoms with Gasteiger partial charge >= 0.3 is 6.18 Å². The molecule has 2 rings (SSSR count). The molecular formula is C17H22F3NO. The van der Waals surface area contributed by atoms with Crippen LogP contribution in [-0.2, 0) is 6.42 Å². The van der Waals surface area contributed by atoms with Gasteiger partial charge in [-0.25, -0.2) is 0 Å². The fraction of sp³-hybridized carbons (Fsp3) is 0.529. The molecule has 1 aromatic rings. The molecule has 0 bridgehead atoms. The monoisotopic (exact) mass is 313 g/mol.